The van der Waals surface area contributed by atoms with Gasteiger partial charge in [0.25, 0.3) is 5.91 Å². The molecule has 0 aliphatic carbocycles. The second-order valence-electron chi connectivity index (χ2n) is 6.68. The summed E-state index contributed by atoms with van der Waals surface area (Å²) in [6.07, 6.45) is 4.15. The van der Waals surface area contributed by atoms with E-state index in [1.165, 1.54) is 21.6 Å². The molecule has 0 aromatic carbocycles. The number of aryl methyl sites for hydroxylation is 1. The monoisotopic (exact) mass is 357 g/mol. The van der Waals surface area contributed by atoms with Crippen molar-refractivity contribution in [2.75, 3.05) is 45.6 Å². The normalized spacial score (nSPS) is 22.5. The molecule has 2 aliphatic rings. The van der Waals surface area contributed by atoms with Gasteiger partial charge in [0.15, 0.2) is 0 Å². The number of amides is 1. The lowest BCUT2D eigenvalue weighted by atomic mass is 9.79. The first-order valence-corrected chi connectivity index (χ1v) is 9.82. The van der Waals surface area contributed by atoms with Crippen LogP contribution in [0.3, 0.4) is 0 Å². The summed E-state index contributed by atoms with van der Waals surface area (Å²) in [7, 11) is -1.52. The second kappa shape index (κ2) is 6.41. The average molecular weight is 357 g/mol. The maximum Gasteiger partial charge on any atom is 0.293 e. The van der Waals surface area contributed by atoms with Crippen molar-refractivity contribution < 1.29 is 17.9 Å². The van der Waals surface area contributed by atoms with Gasteiger partial charge in [0.05, 0.1) is 19.5 Å². The minimum Gasteiger partial charge on any atom is -0.379 e. The van der Waals surface area contributed by atoms with E-state index in [9.17, 15) is 13.2 Å². The van der Waals surface area contributed by atoms with Crippen LogP contribution in [-0.2, 0) is 21.8 Å². The first-order valence-electron chi connectivity index (χ1n) is 7.97. The van der Waals surface area contributed by atoms with E-state index in [0.717, 1.165) is 0 Å². The van der Waals surface area contributed by atoms with Crippen LogP contribution in [0.25, 0.3) is 0 Å². The van der Waals surface area contributed by atoms with Crippen molar-refractivity contribution in [2.45, 2.75) is 12.8 Å². The minimum atomic E-state index is -3.24. The highest BCUT2D eigenvalue weighted by Crippen LogP contribution is 2.35. The van der Waals surface area contributed by atoms with Gasteiger partial charge in [0, 0.05) is 38.6 Å². The Morgan fingerprint density at radius 2 is 2.00 bits per heavy atom. The topological polar surface area (TPSA) is 97.6 Å². The van der Waals surface area contributed by atoms with Crippen molar-refractivity contribution in [2.24, 2.45) is 12.5 Å². The summed E-state index contributed by atoms with van der Waals surface area (Å²) in [5, 5.41) is 4.05. The summed E-state index contributed by atoms with van der Waals surface area (Å²) in [6, 6.07) is 0. The number of sulfonamides is 1. The predicted octanol–water partition coefficient (Wildman–Crippen LogP) is -0.671. The molecule has 0 unspecified atom stereocenters. The molecule has 1 spiro atoms. The molecule has 1 aromatic rings. The number of hydrogen-bond acceptors (Lipinski definition) is 6. The van der Waals surface area contributed by atoms with E-state index < -0.39 is 10.0 Å². The van der Waals surface area contributed by atoms with Crippen LogP contribution in [0.1, 0.15) is 23.5 Å². The fourth-order valence-electron chi connectivity index (χ4n) is 3.30. The molecule has 3 heterocycles. The summed E-state index contributed by atoms with van der Waals surface area (Å²) < 4.78 is 32.5. The Bertz CT molecular complexity index is 709. The maximum atomic E-state index is 12.4. The number of carbonyl (C=O) groups excluding carboxylic acids is 1. The molecule has 1 aromatic heterocycles. The highest BCUT2D eigenvalue weighted by atomic mass is 32.2. The summed E-state index contributed by atoms with van der Waals surface area (Å²) in [6.45, 7) is 2.89. The van der Waals surface area contributed by atoms with E-state index >= 15 is 0 Å². The van der Waals surface area contributed by atoms with E-state index in [1.807, 2.05) is 0 Å². The first-order chi connectivity index (χ1) is 11.3. The lowest BCUT2D eigenvalue weighted by Crippen LogP contribution is -2.49. The highest BCUT2D eigenvalue weighted by molar-refractivity contribution is 7.88. The molecule has 0 radical (unpaired) electrons. The third-order valence-corrected chi connectivity index (χ3v) is 6.03. The van der Waals surface area contributed by atoms with E-state index in [0.29, 0.717) is 52.2 Å². The molecule has 24 heavy (non-hydrogen) atoms. The van der Waals surface area contributed by atoms with Crippen LogP contribution in [-0.4, -0.2) is 83.9 Å². The van der Waals surface area contributed by atoms with E-state index in [-0.39, 0.29) is 17.1 Å². The molecule has 0 bridgehead atoms. The van der Waals surface area contributed by atoms with Gasteiger partial charge in [-0.2, -0.15) is 4.31 Å². The Balaban J connectivity index is 1.67. The smallest absolute Gasteiger partial charge is 0.293 e. The van der Waals surface area contributed by atoms with Crippen molar-refractivity contribution in [1.82, 2.24) is 24.0 Å². The molecule has 2 fully saturated rings. The largest absolute Gasteiger partial charge is 0.379 e. The number of likely N-dealkylation sites (tertiary alicyclic amines) is 1. The van der Waals surface area contributed by atoms with E-state index in [4.69, 9.17) is 4.74 Å². The van der Waals surface area contributed by atoms with Crippen molar-refractivity contribution in [1.29, 1.82) is 0 Å². The molecule has 0 atom stereocenters. The fraction of sp³-hybridized carbons (Fsp3) is 0.786. The van der Waals surface area contributed by atoms with Gasteiger partial charge in [-0.3, -0.25) is 9.48 Å². The Kier molecular flexibility index (Phi) is 4.63. The van der Waals surface area contributed by atoms with Crippen LogP contribution >= 0.6 is 0 Å². The lowest BCUT2D eigenvalue weighted by Gasteiger charge is -2.41. The van der Waals surface area contributed by atoms with Gasteiger partial charge in [-0.15, -0.1) is 5.10 Å². The summed E-state index contributed by atoms with van der Waals surface area (Å²) in [5.74, 6) is 0.0169. The number of carbonyl (C=O) groups is 1. The molecule has 10 heteroatoms. The van der Waals surface area contributed by atoms with E-state index in [1.54, 1.807) is 11.9 Å². The summed E-state index contributed by atoms with van der Waals surface area (Å²) in [4.78, 5) is 18.2. The molecule has 0 saturated carbocycles. The zero-order valence-corrected chi connectivity index (χ0v) is 14.8. The Labute approximate surface area is 141 Å². The van der Waals surface area contributed by atoms with Crippen LogP contribution in [0.2, 0.25) is 0 Å². The van der Waals surface area contributed by atoms with Gasteiger partial charge in [-0.25, -0.2) is 13.4 Å². The molecule has 9 nitrogen and oxygen atoms in total. The van der Waals surface area contributed by atoms with Gasteiger partial charge in [0.2, 0.25) is 15.8 Å². The van der Waals surface area contributed by atoms with Gasteiger partial charge in [-0.1, -0.05) is 0 Å². The SMILES string of the molecule is Cn1cnc(C(=O)N2CCC3(CC2)COCCN(S(C)(=O)=O)C3)n1. The van der Waals surface area contributed by atoms with Crippen LogP contribution < -0.4 is 0 Å². The van der Waals surface area contributed by atoms with Crippen molar-refractivity contribution in [3.05, 3.63) is 12.2 Å². The molecule has 3 rings (SSSR count). The number of aromatic nitrogens is 3. The number of hydrogen-bond donors (Lipinski definition) is 0. The molecule has 2 saturated heterocycles. The van der Waals surface area contributed by atoms with Crippen molar-refractivity contribution >= 4 is 15.9 Å². The molecule has 0 N–H and O–H groups in total. The Morgan fingerprint density at radius 3 is 2.58 bits per heavy atom. The van der Waals surface area contributed by atoms with Crippen LogP contribution in [0.4, 0.5) is 0 Å². The van der Waals surface area contributed by atoms with Gasteiger partial charge in [-0.05, 0) is 12.8 Å². The zero-order chi connectivity index (χ0) is 17.4. The van der Waals surface area contributed by atoms with Crippen LogP contribution in [0.15, 0.2) is 6.33 Å². The number of rotatable bonds is 2. The second-order valence-corrected chi connectivity index (χ2v) is 8.67. The van der Waals surface area contributed by atoms with E-state index in [2.05, 4.69) is 10.1 Å². The standard InChI is InChI=1S/C14H23N5O4S/c1-17-11-15-12(16-17)13(20)18-5-3-14(4-6-18)9-19(24(2,21)22)7-8-23-10-14/h11H,3-10H2,1-2H3. The third-order valence-electron chi connectivity index (χ3n) is 4.78. The fourth-order valence-corrected chi connectivity index (χ4v) is 4.22. The molecule has 134 valence electrons. The first kappa shape index (κ1) is 17.3. The summed E-state index contributed by atoms with van der Waals surface area (Å²) >= 11 is 0. The molecule has 2 aliphatic heterocycles. The highest BCUT2D eigenvalue weighted by Gasteiger charge is 2.41. The van der Waals surface area contributed by atoms with Crippen LogP contribution in [0.5, 0.6) is 0 Å². The zero-order valence-electron chi connectivity index (χ0n) is 14.0. The predicted molar refractivity (Wildman–Crippen MR) is 85.8 cm³/mol. The van der Waals surface area contributed by atoms with Gasteiger partial charge < -0.3 is 9.64 Å². The summed E-state index contributed by atoms with van der Waals surface area (Å²) in [5.41, 5.74) is -0.228. The maximum absolute atomic E-state index is 12.4. The Morgan fingerprint density at radius 1 is 1.29 bits per heavy atom. The average Bonchev–Trinajstić information content (AvgIpc) is 2.84. The Hall–Kier alpha value is -1.52. The van der Waals surface area contributed by atoms with Crippen molar-refractivity contribution in [3.63, 3.8) is 0 Å². The van der Waals surface area contributed by atoms with Crippen molar-refractivity contribution in [3.8, 4) is 0 Å². The quantitative estimate of drug-likeness (QED) is 0.696. The lowest BCUT2D eigenvalue weighted by molar-refractivity contribution is 0.0175. The van der Waals surface area contributed by atoms with Crippen LogP contribution in [0, 0.1) is 5.41 Å². The van der Waals surface area contributed by atoms with Gasteiger partial charge >= 0.3 is 0 Å². The third kappa shape index (κ3) is 3.60. The number of ether oxygens (including phenoxy) is 1. The molecule has 1 amide bonds. The number of nitrogens with zero attached hydrogens (tertiary/aromatic N) is 5. The molecular weight excluding hydrogens is 334 g/mol. The number of piperidine rings is 1. The van der Waals surface area contributed by atoms with Gasteiger partial charge in [0.1, 0.15) is 6.33 Å². The minimum absolute atomic E-state index is 0.181. The molecular formula is C14H23N5O4S.